The summed E-state index contributed by atoms with van der Waals surface area (Å²) in [6, 6.07) is 1.01. The average Bonchev–Trinajstić information content (AvgIpc) is 3.02. The third-order valence-corrected chi connectivity index (χ3v) is 8.36. The second-order valence-electron chi connectivity index (χ2n) is 6.54. The fourth-order valence-corrected chi connectivity index (χ4v) is 6.44. The lowest BCUT2D eigenvalue weighted by Crippen LogP contribution is -2.51. The number of ether oxygens (including phenoxy) is 2. The first-order valence-electron chi connectivity index (χ1n) is 8.16. The van der Waals surface area contributed by atoms with Gasteiger partial charge in [-0.2, -0.15) is 8.62 Å². The van der Waals surface area contributed by atoms with E-state index in [1.165, 1.54) is 0 Å². The Kier molecular flexibility index (Phi) is 6.41. The van der Waals surface area contributed by atoms with Crippen LogP contribution in [0.15, 0.2) is 21.9 Å². The number of phosphoric acid groups is 3. The Balaban J connectivity index is 1.79. The molecule has 20 heteroatoms. The lowest BCUT2D eigenvalue weighted by Gasteiger charge is -2.35. The van der Waals surface area contributed by atoms with Crippen molar-refractivity contribution in [3.05, 3.63) is 33.1 Å². The van der Waals surface area contributed by atoms with Crippen LogP contribution in [0, 0.1) is 0 Å². The number of nitrogens with one attached hydrogen (secondary N) is 1. The molecule has 3 heterocycles. The van der Waals surface area contributed by atoms with E-state index in [0.717, 1.165) is 23.8 Å². The van der Waals surface area contributed by atoms with Gasteiger partial charge < -0.3 is 34.2 Å². The molecular formula is C11H17N2O15P3. The SMILES string of the molecule is C[C@H](OP(=O)(O)OP(=O)(O)OP(=O)(O)O)[C@@]12CO[C@@H]([C@H](n3ccc(=O)[nH]c3=O)O1)[C@@H]2O. The molecule has 2 fully saturated rings. The predicted octanol–water partition coefficient (Wildman–Crippen LogP) is -1.70. The van der Waals surface area contributed by atoms with Gasteiger partial charge in [0.1, 0.15) is 23.9 Å². The van der Waals surface area contributed by atoms with Gasteiger partial charge in [0.15, 0.2) is 6.23 Å². The molecule has 176 valence electrons. The van der Waals surface area contributed by atoms with Crippen LogP contribution in [0.3, 0.4) is 0 Å². The number of fused-ring (bicyclic) bond motifs is 2. The van der Waals surface area contributed by atoms with Gasteiger partial charge in [-0.05, 0) is 6.92 Å². The number of aliphatic hydroxyl groups excluding tert-OH is 1. The van der Waals surface area contributed by atoms with Gasteiger partial charge in [0.05, 0.1) is 6.61 Å². The third-order valence-electron chi connectivity index (χ3n) is 4.46. The lowest BCUT2D eigenvalue weighted by molar-refractivity contribution is -0.204. The lowest BCUT2D eigenvalue weighted by atomic mass is 9.94. The molecule has 0 radical (unpaired) electrons. The van der Waals surface area contributed by atoms with Gasteiger partial charge in [-0.15, -0.1) is 0 Å². The number of H-pyrrole nitrogens is 1. The molecule has 2 bridgehead atoms. The Labute approximate surface area is 171 Å². The highest BCUT2D eigenvalue weighted by atomic mass is 31.3. The maximum absolute atomic E-state index is 12.1. The van der Waals surface area contributed by atoms with Gasteiger partial charge in [-0.1, -0.05) is 0 Å². The molecule has 17 nitrogen and oxygen atoms in total. The summed E-state index contributed by atoms with van der Waals surface area (Å²) in [7, 11) is -16.8. The second-order valence-corrected chi connectivity index (χ2v) is 10.9. The smallest absolute Gasteiger partial charge is 0.387 e. The molecule has 0 amide bonds. The number of phosphoric ester groups is 1. The molecule has 2 aliphatic heterocycles. The van der Waals surface area contributed by atoms with Crippen molar-refractivity contribution in [3.8, 4) is 0 Å². The molecule has 2 unspecified atom stereocenters. The quantitative estimate of drug-likeness (QED) is 0.213. The zero-order valence-electron chi connectivity index (χ0n) is 15.3. The summed E-state index contributed by atoms with van der Waals surface area (Å²) >= 11 is 0. The van der Waals surface area contributed by atoms with E-state index in [1.807, 2.05) is 4.98 Å². The van der Waals surface area contributed by atoms with Crippen molar-refractivity contribution in [2.75, 3.05) is 6.61 Å². The van der Waals surface area contributed by atoms with Gasteiger partial charge in [0.25, 0.3) is 5.56 Å². The van der Waals surface area contributed by atoms with Gasteiger partial charge in [0.2, 0.25) is 0 Å². The fourth-order valence-electron chi connectivity index (χ4n) is 3.20. The van der Waals surface area contributed by atoms with Gasteiger partial charge in [-0.25, -0.2) is 18.5 Å². The summed E-state index contributed by atoms with van der Waals surface area (Å²) in [4.78, 5) is 61.2. The van der Waals surface area contributed by atoms with E-state index in [2.05, 4.69) is 8.62 Å². The molecule has 0 saturated carbocycles. The largest absolute Gasteiger partial charge is 0.490 e. The standard InChI is InChI=1S/C11H17N2O15P3/c1-5(26-30(20,21)28-31(22,23)27-29(17,18)19)11-4-24-7(8(11)15)9(25-11)13-3-2-6(14)12-10(13)16/h2-3,5,7-9,15H,4H2,1H3,(H,20,21)(H,22,23)(H,12,14,16)(H2,17,18,19)/t5-,7+,8-,9+,11+/m0/s1. The molecule has 3 rings (SSSR count). The van der Waals surface area contributed by atoms with Crippen LogP contribution >= 0.6 is 23.5 Å². The van der Waals surface area contributed by atoms with E-state index < -0.39 is 71.5 Å². The first-order chi connectivity index (χ1) is 14.1. The van der Waals surface area contributed by atoms with E-state index >= 15 is 0 Å². The van der Waals surface area contributed by atoms with Crippen molar-refractivity contribution < 1.29 is 61.0 Å². The van der Waals surface area contributed by atoms with Crippen molar-refractivity contribution in [2.45, 2.75) is 37.1 Å². The summed E-state index contributed by atoms with van der Waals surface area (Å²) in [5.41, 5.74) is -3.45. The Morgan fingerprint density at radius 3 is 2.42 bits per heavy atom. The summed E-state index contributed by atoms with van der Waals surface area (Å²) in [6.07, 6.45) is -4.49. The molecule has 31 heavy (non-hydrogen) atoms. The highest BCUT2D eigenvalue weighted by Gasteiger charge is 2.65. The number of aromatic nitrogens is 2. The van der Waals surface area contributed by atoms with Crippen molar-refractivity contribution in [2.24, 2.45) is 0 Å². The van der Waals surface area contributed by atoms with E-state index in [1.54, 1.807) is 0 Å². The fraction of sp³-hybridized carbons (Fsp3) is 0.636. The molecule has 0 aliphatic carbocycles. The minimum atomic E-state index is -5.74. The van der Waals surface area contributed by atoms with Crippen LogP contribution in [-0.2, 0) is 36.3 Å². The zero-order chi connectivity index (χ0) is 23.4. The topological polar surface area (TPSA) is 253 Å². The minimum Gasteiger partial charge on any atom is -0.387 e. The number of nitrogens with zero attached hydrogens (tertiary/aromatic N) is 1. The van der Waals surface area contributed by atoms with Crippen molar-refractivity contribution in [3.63, 3.8) is 0 Å². The number of hydrogen-bond donors (Lipinski definition) is 6. The summed E-state index contributed by atoms with van der Waals surface area (Å²) < 4.78 is 58.1. The Hall–Kier alpha value is -1.03. The van der Waals surface area contributed by atoms with Crippen LogP contribution < -0.4 is 11.2 Å². The Bertz CT molecular complexity index is 1110. The normalized spacial score (nSPS) is 33.0. The van der Waals surface area contributed by atoms with Crippen LogP contribution in [0.1, 0.15) is 13.2 Å². The van der Waals surface area contributed by atoms with E-state index in [9.17, 15) is 38.2 Å². The maximum atomic E-state index is 12.1. The number of aliphatic hydroxyl groups is 1. The molecular weight excluding hydrogens is 493 g/mol. The van der Waals surface area contributed by atoms with Crippen LogP contribution in [-0.4, -0.2) is 64.8 Å². The maximum Gasteiger partial charge on any atom is 0.490 e. The highest BCUT2D eigenvalue weighted by Crippen LogP contribution is 2.67. The number of rotatable bonds is 8. The first kappa shape index (κ1) is 24.6. The van der Waals surface area contributed by atoms with Crippen LogP contribution in [0.25, 0.3) is 0 Å². The van der Waals surface area contributed by atoms with Gasteiger partial charge in [0, 0.05) is 12.3 Å². The van der Waals surface area contributed by atoms with Crippen LogP contribution in [0.5, 0.6) is 0 Å². The first-order valence-corrected chi connectivity index (χ1v) is 12.7. The molecule has 2 aliphatic rings. The third kappa shape index (κ3) is 5.15. The summed E-state index contributed by atoms with van der Waals surface area (Å²) in [6.45, 7) is 0.704. The van der Waals surface area contributed by atoms with E-state index in [-0.39, 0.29) is 0 Å². The van der Waals surface area contributed by atoms with Crippen LogP contribution in [0.2, 0.25) is 0 Å². The molecule has 0 aromatic carbocycles. The van der Waals surface area contributed by atoms with Crippen molar-refractivity contribution in [1.29, 1.82) is 0 Å². The number of hydrogen-bond acceptors (Lipinski definition) is 11. The molecule has 7 atom stereocenters. The molecule has 0 spiro atoms. The second kappa shape index (κ2) is 8.08. The zero-order valence-corrected chi connectivity index (χ0v) is 18.0. The Morgan fingerprint density at radius 1 is 1.19 bits per heavy atom. The van der Waals surface area contributed by atoms with Crippen molar-refractivity contribution in [1.82, 2.24) is 9.55 Å². The summed E-state index contributed by atoms with van der Waals surface area (Å²) in [5, 5.41) is 10.5. The van der Waals surface area contributed by atoms with Gasteiger partial charge in [-0.3, -0.25) is 18.9 Å². The monoisotopic (exact) mass is 510 g/mol. The average molecular weight is 510 g/mol. The Morgan fingerprint density at radius 2 is 1.84 bits per heavy atom. The van der Waals surface area contributed by atoms with Gasteiger partial charge >= 0.3 is 29.2 Å². The predicted molar refractivity (Wildman–Crippen MR) is 94.3 cm³/mol. The van der Waals surface area contributed by atoms with E-state index in [4.69, 9.17) is 23.8 Å². The van der Waals surface area contributed by atoms with Crippen LogP contribution in [0.4, 0.5) is 0 Å². The molecule has 1 aromatic rings. The molecule has 2 saturated heterocycles. The molecule has 1 aromatic heterocycles. The molecule has 6 N–H and O–H groups in total. The minimum absolute atomic E-state index is 0.398. The summed E-state index contributed by atoms with van der Waals surface area (Å²) in [5.74, 6) is 0. The number of aromatic amines is 1. The van der Waals surface area contributed by atoms with E-state index in [0.29, 0.717) is 0 Å². The highest BCUT2D eigenvalue weighted by molar-refractivity contribution is 7.66. The van der Waals surface area contributed by atoms with Crippen molar-refractivity contribution >= 4 is 23.5 Å².